The van der Waals surface area contributed by atoms with Crippen LogP contribution in [-0.4, -0.2) is 39.3 Å². The summed E-state index contributed by atoms with van der Waals surface area (Å²) >= 11 is 0. The molecule has 0 spiro atoms. The van der Waals surface area contributed by atoms with Crippen molar-refractivity contribution in [3.63, 3.8) is 0 Å². The van der Waals surface area contributed by atoms with Crippen molar-refractivity contribution in [3.05, 3.63) is 18.7 Å². The molecule has 1 atom stereocenters. The van der Waals surface area contributed by atoms with Crippen molar-refractivity contribution in [1.82, 2.24) is 19.6 Å². The second kappa shape index (κ2) is 4.22. The van der Waals surface area contributed by atoms with Crippen molar-refractivity contribution in [2.45, 2.75) is 13.0 Å². The summed E-state index contributed by atoms with van der Waals surface area (Å²) < 4.78 is 6.94. The normalized spacial score (nSPS) is 12.9. The number of fused-ring (bicyclic) bond motifs is 1. The van der Waals surface area contributed by atoms with Gasteiger partial charge in [0.15, 0.2) is 5.82 Å². The van der Waals surface area contributed by atoms with E-state index < -0.39 is 0 Å². The van der Waals surface area contributed by atoms with E-state index in [-0.39, 0.29) is 6.10 Å². The van der Waals surface area contributed by atoms with Crippen LogP contribution in [0.4, 0.5) is 5.82 Å². The Kier molecular flexibility index (Phi) is 2.77. The maximum atomic E-state index is 5.13. The van der Waals surface area contributed by atoms with E-state index in [1.54, 1.807) is 25.8 Å². The molecular weight excluding hydrogens is 194 g/mol. The molecule has 2 aromatic heterocycles. The molecule has 0 fully saturated rings. The average molecular weight is 207 g/mol. The molecule has 2 rings (SSSR count). The number of nitrogens with one attached hydrogen (secondary N) is 1. The lowest BCUT2D eigenvalue weighted by molar-refractivity contribution is 0.128. The van der Waals surface area contributed by atoms with E-state index >= 15 is 0 Å². The van der Waals surface area contributed by atoms with Crippen molar-refractivity contribution >= 4 is 11.5 Å². The number of aromatic nitrogens is 4. The standard InChI is InChI=1S/C9H13N5O/c1-7(15-2)5-11-8-9-13-12-6-14(9)4-3-10-8/h3-4,6-7H,5H2,1-2H3,(H,10,11). The van der Waals surface area contributed by atoms with Gasteiger partial charge in [-0.1, -0.05) is 0 Å². The monoisotopic (exact) mass is 207 g/mol. The predicted molar refractivity (Wildman–Crippen MR) is 55.7 cm³/mol. The summed E-state index contributed by atoms with van der Waals surface area (Å²) in [4.78, 5) is 4.20. The predicted octanol–water partition coefficient (Wildman–Crippen LogP) is 0.571. The minimum atomic E-state index is 0.134. The number of rotatable bonds is 4. The van der Waals surface area contributed by atoms with Crippen LogP contribution in [0.15, 0.2) is 18.7 Å². The van der Waals surface area contributed by atoms with Crippen molar-refractivity contribution in [2.75, 3.05) is 19.0 Å². The van der Waals surface area contributed by atoms with Gasteiger partial charge in [0, 0.05) is 26.0 Å². The highest BCUT2D eigenvalue weighted by atomic mass is 16.5. The molecule has 80 valence electrons. The van der Waals surface area contributed by atoms with Crippen LogP contribution in [0, 0.1) is 0 Å². The Morgan fingerprint density at radius 2 is 2.47 bits per heavy atom. The zero-order valence-electron chi connectivity index (χ0n) is 8.71. The fraction of sp³-hybridized carbons (Fsp3) is 0.444. The first-order chi connectivity index (χ1) is 7.31. The average Bonchev–Trinajstić information content (AvgIpc) is 2.74. The summed E-state index contributed by atoms with van der Waals surface area (Å²) in [7, 11) is 1.68. The molecule has 0 aliphatic carbocycles. The molecule has 0 aliphatic heterocycles. The first kappa shape index (κ1) is 9.85. The number of ether oxygens (including phenoxy) is 1. The quantitative estimate of drug-likeness (QED) is 0.794. The highest BCUT2D eigenvalue weighted by Crippen LogP contribution is 2.09. The van der Waals surface area contributed by atoms with E-state index in [9.17, 15) is 0 Å². The molecule has 0 saturated heterocycles. The molecule has 6 heteroatoms. The van der Waals surface area contributed by atoms with Gasteiger partial charge in [-0.15, -0.1) is 10.2 Å². The first-order valence-corrected chi connectivity index (χ1v) is 4.72. The lowest BCUT2D eigenvalue weighted by Crippen LogP contribution is -2.19. The van der Waals surface area contributed by atoms with Gasteiger partial charge < -0.3 is 10.1 Å². The van der Waals surface area contributed by atoms with Crippen molar-refractivity contribution < 1.29 is 4.74 Å². The second-order valence-corrected chi connectivity index (χ2v) is 3.26. The van der Waals surface area contributed by atoms with Crippen LogP contribution in [0.1, 0.15) is 6.92 Å². The third kappa shape index (κ3) is 2.04. The second-order valence-electron chi connectivity index (χ2n) is 3.26. The fourth-order valence-corrected chi connectivity index (χ4v) is 1.21. The van der Waals surface area contributed by atoms with Crippen molar-refractivity contribution in [3.8, 4) is 0 Å². The molecule has 1 N–H and O–H groups in total. The van der Waals surface area contributed by atoms with Gasteiger partial charge in [-0.3, -0.25) is 4.40 Å². The molecular formula is C9H13N5O. The summed E-state index contributed by atoms with van der Waals surface area (Å²) in [6.07, 6.45) is 5.29. The summed E-state index contributed by atoms with van der Waals surface area (Å²) in [5.74, 6) is 0.721. The molecule has 6 nitrogen and oxygen atoms in total. The van der Waals surface area contributed by atoms with Crippen molar-refractivity contribution in [2.24, 2.45) is 0 Å². The number of anilines is 1. The van der Waals surface area contributed by atoms with Gasteiger partial charge in [0.1, 0.15) is 6.33 Å². The molecule has 0 bridgehead atoms. The molecule has 0 radical (unpaired) electrons. The van der Waals surface area contributed by atoms with Crippen molar-refractivity contribution in [1.29, 1.82) is 0 Å². The number of hydrogen-bond acceptors (Lipinski definition) is 5. The fourth-order valence-electron chi connectivity index (χ4n) is 1.21. The van der Waals surface area contributed by atoms with Gasteiger partial charge in [0.05, 0.1) is 6.10 Å². The minimum absolute atomic E-state index is 0.134. The molecule has 0 aromatic carbocycles. The third-order valence-corrected chi connectivity index (χ3v) is 2.18. The van der Waals surface area contributed by atoms with Crippen LogP contribution in [0.5, 0.6) is 0 Å². The summed E-state index contributed by atoms with van der Waals surface area (Å²) in [6.45, 7) is 2.67. The van der Waals surface area contributed by atoms with Gasteiger partial charge in [-0.25, -0.2) is 4.98 Å². The maximum Gasteiger partial charge on any atom is 0.203 e. The Bertz CT molecular complexity index is 441. The highest BCUT2D eigenvalue weighted by Gasteiger charge is 2.05. The molecule has 2 heterocycles. The SMILES string of the molecule is COC(C)CNc1nccn2cnnc12. The van der Waals surface area contributed by atoms with E-state index in [2.05, 4.69) is 20.5 Å². The Hall–Kier alpha value is -1.69. The van der Waals surface area contributed by atoms with Crippen LogP contribution in [0.2, 0.25) is 0 Å². The Morgan fingerprint density at radius 1 is 1.60 bits per heavy atom. The van der Waals surface area contributed by atoms with E-state index in [1.165, 1.54) is 0 Å². The zero-order chi connectivity index (χ0) is 10.7. The first-order valence-electron chi connectivity index (χ1n) is 4.72. The van der Waals surface area contributed by atoms with Crippen LogP contribution < -0.4 is 5.32 Å². The molecule has 0 amide bonds. The van der Waals surface area contributed by atoms with E-state index in [0.717, 1.165) is 11.5 Å². The molecule has 0 aliphatic rings. The summed E-state index contributed by atoms with van der Waals surface area (Å²) in [5.41, 5.74) is 0.723. The number of hydrogen-bond donors (Lipinski definition) is 1. The maximum absolute atomic E-state index is 5.13. The van der Waals surface area contributed by atoms with Gasteiger partial charge in [0.2, 0.25) is 5.65 Å². The van der Waals surface area contributed by atoms with Gasteiger partial charge >= 0.3 is 0 Å². The largest absolute Gasteiger partial charge is 0.380 e. The smallest absolute Gasteiger partial charge is 0.203 e. The van der Waals surface area contributed by atoms with Crippen LogP contribution in [-0.2, 0) is 4.74 Å². The van der Waals surface area contributed by atoms with Crippen LogP contribution in [0.3, 0.4) is 0 Å². The lowest BCUT2D eigenvalue weighted by Gasteiger charge is -2.11. The molecule has 15 heavy (non-hydrogen) atoms. The lowest BCUT2D eigenvalue weighted by atomic mass is 10.4. The third-order valence-electron chi connectivity index (χ3n) is 2.18. The van der Waals surface area contributed by atoms with Gasteiger partial charge in [-0.2, -0.15) is 0 Å². The van der Waals surface area contributed by atoms with E-state index in [4.69, 9.17) is 4.74 Å². The van der Waals surface area contributed by atoms with Gasteiger partial charge in [-0.05, 0) is 6.92 Å². The Labute approximate surface area is 87.3 Å². The summed E-state index contributed by atoms with van der Waals surface area (Å²) in [6, 6.07) is 0. The van der Waals surface area contributed by atoms with Crippen LogP contribution in [0.25, 0.3) is 5.65 Å². The highest BCUT2D eigenvalue weighted by molar-refractivity contribution is 5.61. The Balaban J connectivity index is 2.17. The van der Waals surface area contributed by atoms with Gasteiger partial charge in [0.25, 0.3) is 0 Å². The zero-order valence-corrected chi connectivity index (χ0v) is 8.71. The topological polar surface area (TPSA) is 64.3 Å². The molecule has 1 unspecified atom stereocenters. The van der Waals surface area contributed by atoms with E-state index in [0.29, 0.717) is 6.54 Å². The molecule has 0 saturated carbocycles. The van der Waals surface area contributed by atoms with Crippen LogP contribution >= 0.6 is 0 Å². The Morgan fingerprint density at radius 3 is 3.27 bits per heavy atom. The molecule has 2 aromatic rings. The summed E-state index contributed by atoms with van der Waals surface area (Å²) in [5, 5.41) is 10.9. The number of methoxy groups -OCH3 is 1. The van der Waals surface area contributed by atoms with E-state index in [1.807, 2.05) is 11.3 Å². The number of nitrogens with zero attached hydrogens (tertiary/aromatic N) is 4. The minimum Gasteiger partial charge on any atom is -0.380 e.